The Balaban J connectivity index is 1.53. The van der Waals surface area contributed by atoms with Gasteiger partial charge in [-0.3, -0.25) is 9.80 Å². The Kier molecular flexibility index (Phi) is 6.16. The van der Waals surface area contributed by atoms with Crippen molar-refractivity contribution in [2.45, 2.75) is 44.6 Å². The maximum absolute atomic E-state index is 10.6. The Morgan fingerprint density at radius 2 is 2.04 bits per heavy atom. The summed E-state index contributed by atoms with van der Waals surface area (Å²) >= 11 is 1.66. The van der Waals surface area contributed by atoms with Crippen LogP contribution in [0.2, 0.25) is 0 Å². The van der Waals surface area contributed by atoms with Gasteiger partial charge in [0, 0.05) is 43.6 Å². The van der Waals surface area contributed by atoms with Gasteiger partial charge in [-0.25, -0.2) is 0 Å². The van der Waals surface area contributed by atoms with Gasteiger partial charge in [0.25, 0.3) is 0 Å². The molecule has 3 heterocycles. The zero-order valence-electron chi connectivity index (χ0n) is 15.1. The highest BCUT2D eigenvalue weighted by Gasteiger charge is 2.32. The molecule has 5 nitrogen and oxygen atoms in total. The number of likely N-dealkylation sites (tertiary alicyclic amines) is 1. The van der Waals surface area contributed by atoms with Crippen LogP contribution in [0.1, 0.15) is 30.0 Å². The van der Waals surface area contributed by atoms with Crippen molar-refractivity contribution < 1.29 is 14.9 Å². The molecular formula is C19H28N2O3S. The van der Waals surface area contributed by atoms with E-state index < -0.39 is 5.60 Å². The molecule has 0 amide bonds. The summed E-state index contributed by atoms with van der Waals surface area (Å²) in [6, 6.07) is 4.37. The van der Waals surface area contributed by atoms with E-state index in [9.17, 15) is 10.2 Å². The van der Waals surface area contributed by atoms with Crippen LogP contribution < -0.4 is 0 Å². The molecule has 2 saturated heterocycles. The molecule has 0 saturated carbocycles. The average molecular weight is 365 g/mol. The molecule has 138 valence electrons. The molecule has 2 fully saturated rings. The van der Waals surface area contributed by atoms with Gasteiger partial charge >= 0.3 is 0 Å². The van der Waals surface area contributed by atoms with Gasteiger partial charge in [0.2, 0.25) is 0 Å². The van der Waals surface area contributed by atoms with Crippen LogP contribution in [0.3, 0.4) is 0 Å². The van der Waals surface area contributed by atoms with Gasteiger partial charge in [0.05, 0.1) is 24.2 Å². The van der Waals surface area contributed by atoms with Gasteiger partial charge < -0.3 is 14.9 Å². The van der Waals surface area contributed by atoms with Gasteiger partial charge in [0.15, 0.2) is 0 Å². The van der Waals surface area contributed by atoms with Crippen molar-refractivity contribution in [1.29, 1.82) is 0 Å². The Bertz CT molecular complexity index is 623. The Morgan fingerprint density at radius 3 is 2.72 bits per heavy atom. The number of hydrogen-bond donors (Lipinski definition) is 2. The summed E-state index contributed by atoms with van der Waals surface area (Å²) in [5.41, 5.74) is -0.963. The summed E-state index contributed by atoms with van der Waals surface area (Å²) in [4.78, 5) is 6.92. The van der Waals surface area contributed by atoms with E-state index in [0.717, 1.165) is 50.7 Å². The molecule has 0 spiro atoms. The molecule has 2 aliphatic rings. The van der Waals surface area contributed by atoms with Gasteiger partial charge in [-0.15, -0.1) is 11.3 Å². The van der Waals surface area contributed by atoms with Crippen LogP contribution >= 0.6 is 11.3 Å². The molecule has 6 heteroatoms. The molecule has 3 rings (SSSR count). The Morgan fingerprint density at radius 1 is 1.28 bits per heavy atom. The van der Waals surface area contributed by atoms with Gasteiger partial charge in [-0.1, -0.05) is 11.8 Å². The molecule has 25 heavy (non-hydrogen) atoms. The molecule has 0 aliphatic carbocycles. The molecule has 0 aromatic carbocycles. The molecule has 2 N–H and O–H groups in total. The summed E-state index contributed by atoms with van der Waals surface area (Å²) in [7, 11) is 0. The minimum Gasteiger partial charge on any atom is -0.390 e. The first-order chi connectivity index (χ1) is 11.9. The number of aliphatic hydroxyl groups excluding tert-OH is 1. The lowest BCUT2D eigenvalue weighted by molar-refractivity contribution is -0.0532. The van der Waals surface area contributed by atoms with Crippen LogP contribution in [0, 0.1) is 11.8 Å². The van der Waals surface area contributed by atoms with Crippen molar-refractivity contribution in [3.05, 3.63) is 21.9 Å². The highest BCUT2D eigenvalue weighted by molar-refractivity contribution is 7.12. The fraction of sp³-hybridized carbons (Fsp3) is 0.684. The molecule has 0 bridgehead atoms. The molecule has 2 aliphatic heterocycles. The fourth-order valence-corrected chi connectivity index (χ4v) is 4.33. The van der Waals surface area contributed by atoms with Crippen LogP contribution in [-0.4, -0.2) is 77.2 Å². The van der Waals surface area contributed by atoms with Gasteiger partial charge in [0.1, 0.15) is 5.60 Å². The summed E-state index contributed by atoms with van der Waals surface area (Å²) < 4.78 is 5.41. The first-order valence-corrected chi connectivity index (χ1v) is 9.79. The number of nitrogens with zero attached hydrogens (tertiary/aromatic N) is 2. The quantitative estimate of drug-likeness (QED) is 0.788. The number of morpholine rings is 1. The van der Waals surface area contributed by atoms with Crippen LogP contribution in [-0.2, 0) is 11.3 Å². The van der Waals surface area contributed by atoms with E-state index in [1.807, 2.05) is 6.07 Å². The lowest BCUT2D eigenvalue weighted by atomic mass is 9.99. The molecule has 1 aromatic rings. The minimum absolute atomic E-state index is 0.261. The van der Waals surface area contributed by atoms with Crippen LogP contribution in [0.4, 0.5) is 0 Å². The second kappa shape index (κ2) is 8.17. The summed E-state index contributed by atoms with van der Waals surface area (Å²) in [5, 5.41) is 20.3. The Labute approximate surface area is 154 Å². The molecule has 2 atom stereocenters. The van der Waals surface area contributed by atoms with Crippen molar-refractivity contribution in [2.24, 2.45) is 0 Å². The predicted octanol–water partition coefficient (Wildman–Crippen LogP) is 1.14. The highest BCUT2D eigenvalue weighted by Crippen LogP contribution is 2.23. The van der Waals surface area contributed by atoms with Crippen LogP contribution in [0.15, 0.2) is 12.1 Å². The summed E-state index contributed by atoms with van der Waals surface area (Å²) in [6.45, 7) is 9.34. The maximum Gasteiger partial charge on any atom is 0.120 e. The summed E-state index contributed by atoms with van der Waals surface area (Å²) in [5.74, 6) is 5.88. The second-order valence-electron chi connectivity index (χ2n) is 7.38. The zero-order valence-corrected chi connectivity index (χ0v) is 15.9. The number of aliphatic hydroxyl groups is 2. The zero-order chi connectivity index (χ0) is 17.9. The molecular weight excluding hydrogens is 336 g/mol. The lowest BCUT2D eigenvalue weighted by Gasteiger charge is -2.42. The van der Waals surface area contributed by atoms with Gasteiger partial charge in [-0.2, -0.15) is 0 Å². The van der Waals surface area contributed by atoms with Crippen LogP contribution in [0.5, 0.6) is 0 Å². The van der Waals surface area contributed by atoms with E-state index >= 15 is 0 Å². The monoisotopic (exact) mass is 364 g/mol. The standard InChI is InChI=1S/C19H28N2O3S/c1-19(2,23)7-5-15-3-4-16(25-15)13-20-8-6-17(18(22)14-20)21-9-11-24-12-10-21/h3-4,17-18,22-23H,6,8-14H2,1-2H3/t17-,18-/m1/s1. The SMILES string of the molecule is CC(C)(O)C#Cc1ccc(CN2CC[C@@H](N3CCOCC3)[C@H](O)C2)s1. The normalized spacial score (nSPS) is 26.2. The second-order valence-corrected chi connectivity index (χ2v) is 8.55. The number of ether oxygens (including phenoxy) is 1. The minimum atomic E-state index is -0.963. The third kappa shape index (κ3) is 5.52. The van der Waals surface area contributed by atoms with E-state index in [2.05, 4.69) is 27.7 Å². The fourth-order valence-electron chi connectivity index (χ4n) is 3.43. The van der Waals surface area contributed by atoms with Crippen LogP contribution in [0.25, 0.3) is 0 Å². The van der Waals surface area contributed by atoms with E-state index in [1.54, 1.807) is 25.2 Å². The van der Waals surface area contributed by atoms with E-state index in [0.29, 0.717) is 6.54 Å². The average Bonchev–Trinajstić information content (AvgIpc) is 3.01. The predicted molar refractivity (Wildman–Crippen MR) is 99.6 cm³/mol. The highest BCUT2D eigenvalue weighted by atomic mass is 32.1. The first-order valence-electron chi connectivity index (χ1n) is 8.97. The molecule has 0 radical (unpaired) electrons. The topological polar surface area (TPSA) is 56.2 Å². The number of hydrogen-bond acceptors (Lipinski definition) is 6. The van der Waals surface area contributed by atoms with Crippen molar-refractivity contribution in [2.75, 3.05) is 39.4 Å². The maximum atomic E-state index is 10.6. The molecule has 0 unspecified atom stereocenters. The van der Waals surface area contributed by atoms with Crippen molar-refractivity contribution in [1.82, 2.24) is 9.80 Å². The molecule has 1 aromatic heterocycles. The third-order valence-electron chi connectivity index (χ3n) is 4.68. The van der Waals surface area contributed by atoms with E-state index in [-0.39, 0.29) is 12.1 Å². The Hall–Kier alpha value is -0.940. The largest absolute Gasteiger partial charge is 0.390 e. The third-order valence-corrected chi connectivity index (χ3v) is 5.66. The van der Waals surface area contributed by atoms with E-state index in [4.69, 9.17) is 4.74 Å². The number of β-amino-alcohol motifs (C(OH)–C–C–N with tert-alkyl or cyclic N) is 1. The number of piperidine rings is 1. The van der Waals surface area contributed by atoms with Crippen molar-refractivity contribution >= 4 is 11.3 Å². The number of thiophene rings is 1. The number of rotatable bonds is 3. The van der Waals surface area contributed by atoms with E-state index in [1.165, 1.54) is 4.88 Å². The van der Waals surface area contributed by atoms with Crippen molar-refractivity contribution in [3.63, 3.8) is 0 Å². The van der Waals surface area contributed by atoms with Crippen molar-refractivity contribution in [3.8, 4) is 11.8 Å². The smallest absolute Gasteiger partial charge is 0.120 e. The summed E-state index contributed by atoms with van der Waals surface area (Å²) in [6.07, 6.45) is 0.694. The first kappa shape index (κ1) is 18.8. The lowest BCUT2D eigenvalue weighted by Crippen LogP contribution is -2.56. The van der Waals surface area contributed by atoms with Gasteiger partial charge in [-0.05, 0) is 32.4 Å².